The number of nitrogens with one attached hydrogen (secondary N) is 1. The van der Waals surface area contributed by atoms with Crippen LogP contribution in [0.2, 0.25) is 0 Å². The number of hydrogen-bond acceptors (Lipinski definition) is 3. The lowest BCUT2D eigenvalue weighted by atomic mass is 9.97. The van der Waals surface area contributed by atoms with Gasteiger partial charge in [0.1, 0.15) is 5.75 Å². The summed E-state index contributed by atoms with van der Waals surface area (Å²) in [6.45, 7) is 3.74. The maximum absolute atomic E-state index is 12.2. The number of alkyl halides is 3. The van der Waals surface area contributed by atoms with Crippen LogP contribution in [0, 0.1) is 11.8 Å². The third-order valence-electron chi connectivity index (χ3n) is 3.15. The lowest BCUT2D eigenvalue weighted by Crippen LogP contribution is -2.34. The van der Waals surface area contributed by atoms with E-state index >= 15 is 0 Å². The van der Waals surface area contributed by atoms with E-state index in [1.807, 2.05) is 13.8 Å². The van der Waals surface area contributed by atoms with E-state index in [1.165, 1.54) is 12.1 Å². The quantitative estimate of drug-likeness (QED) is 0.758. The molecule has 134 valence electrons. The molecule has 1 atom stereocenters. The van der Waals surface area contributed by atoms with Gasteiger partial charge in [-0.15, -0.1) is 13.2 Å². The van der Waals surface area contributed by atoms with E-state index in [0.29, 0.717) is 12.0 Å². The molecule has 0 saturated carbocycles. The van der Waals surface area contributed by atoms with Crippen molar-refractivity contribution in [1.29, 1.82) is 0 Å². The van der Waals surface area contributed by atoms with Gasteiger partial charge in [-0.1, -0.05) is 26.0 Å². The minimum absolute atomic E-state index is 0.0227. The molecule has 2 N–H and O–H groups in total. The number of benzene rings is 1. The molecule has 0 heterocycles. The Bertz CT molecular complexity index is 573. The van der Waals surface area contributed by atoms with Crippen LogP contribution in [-0.4, -0.2) is 29.9 Å². The zero-order valence-corrected chi connectivity index (χ0v) is 13.4. The van der Waals surface area contributed by atoms with Crippen molar-refractivity contribution in [3.8, 4) is 5.75 Å². The maximum Gasteiger partial charge on any atom is 0.573 e. The van der Waals surface area contributed by atoms with Crippen LogP contribution >= 0.6 is 0 Å². The van der Waals surface area contributed by atoms with Gasteiger partial charge >= 0.3 is 12.3 Å². The zero-order valence-electron chi connectivity index (χ0n) is 13.4. The zero-order chi connectivity index (χ0) is 18.3. The van der Waals surface area contributed by atoms with Crippen molar-refractivity contribution in [2.45, 2.75) is 33.1 Å². The molecule has 5 nitrogen and oxygen atoms in total. The number of halogens is 3. The number of aliphatic carboxylic acids is 1. The number of carboxylic acid groups (broad SMARTS) is 1. The van der Waals surface area contributed by atoms with Crippen LogP contribution < -0.4 is 10.1 Å². The van der Waals surface area contributed by atoms with Crippen LogP contribution in [0.25, 0.3) is 0 Å². The summed E-state index contributed by atoms with van der Waals surface area (Å²) in [6, 6.07) is 5.10. The molecular formula is C16H20F3NO4. The Morgan fingerprint density at radius 3 is 2.50 bits per heavy atom. The number of rotatable bonds is 8. The summed E-state index contributed by atoms with van der Waals surface area (Å²) in [4.78, 5) is 23.0. The molecule has 0 aromatic heterocycles. The van der Waals surface area contributed by atoms with Crippen LogP contribution in [-0.2, 0) is 16.0 Å². The highest BCUT2D eigenvalue weighted by Crippen LogP contribution is 2.23. The van der Waals surface area contributed by atoms with Crippen molar-refractivity contribution in [2.75, 3.05) is 6.54 Å². The standard InChI is InChI=1S/C16H20F3NO4/c1-10(2)6-12(15(22)23)9-20-14(21)8-11-4-3-5-13(7-11)24-16(17,18)19/h3-5,7,10,12H,6,8-9H2,1-2H3,(H,20,21)(H,22,23). The van der Waals surface area contributed by atoms with E-state index in [1.54, 1.807) is 0 Å². The number of carbonyl (C=O) groups excluding carboxylic acids is 1. The first-order chi connectivity index (χ1) is 11.1. The minimum Gasteiger partial charge on any atom is -0.481 e. The lowest BCUT2D eigenvalue weighted by molar-refractivity contribution is -0.274. The van der Waals surface area contributed by atoms with E-state index in [0.717, 1.165) is 12.1 Å². The Morgan fingerprint density at radius 2 is 1.96 bits per heavy atom. The highest BCUT2D eigenvalue weighted by Gasteiger charge is 2.31. The van der Waals surface area contributed by atoms with Gasteiger partial charge in [-0.2, -0.15) is 0 Å². The molecule has 0 aliphatic heterocycles. The normalized spacial score (nSPS) is 12.8. The van der Waals surface area contributed by atoms with Crippen LogP contribution in [0.4, 0.5) is 13.2 Å². The van der Waals surface area contributed by atoms with E-state index in [4.69, 9.17) is 5.11 Å². The predicted octanol–water partition coefficient (Wildman–Crippen LogP) is 2.99. The van der Waals surface area contributed by atoms with E-state index < -0.39 is 29.9 Å². The molecule has 0 spiro atoms. The van der Waals surface area contributed by atoms with Crippen molar-refractivity contribution in [2.24, 2.45) is 11.8 Å². The van der Waals surface area contributed by atoms with Crippen LogP contribution in [0.5, 0.6) is 5.75 Å². The van der Waals surface area contributed by atoms with Crippen LogP contribution in [0.1, 0.15) is 25.8 Å². The Hall–Kier alpha value is -2.25. The number of amides is 1. The second kappa shape index (κ2) is 8.56. The Morgan fingerprint density at radius 1 is 1.29 bits per heavy atom. The fourth-order valence-electron chi connectivity index (χ4n) is 2.18. The Kier molecular flexibility index (Phi) is 7.06. The van der Waals surface area contributed by atoms with Gasteiger partial charge in [0.05, 0.1) is 12.3 Å². The summed E-state index contributed by atoms with van der Waals surface area (Å²) in [5.74, 6) is -2.40. The topological polar surface area (TPSA) is 75.6 Å². The summed E-state index contributed by atoms with van der Waals surface area (Å²) in [5, 5.41) is 11.6. The molecule has 0 aliphatic carbocycles. The fourth-order valence-corrected chi connectivity index (χ4v) is 2.18. The van der Waals surface area contributed by atoms with Gasteiger partial charge in [0.15, 0.2) is 0 Å². The fraction of sp³-hybridized carbons (Fsp3) is 0.500. The first-order valence-electron chi connectivity index (χ1n) is 7.41. The van der Waals surface area contributed by atoms with Crippen molar-refractivity contribution in [1.82, 2.24) is 5.32 Å². The van der Waals surface area contributed by atoms with Crippen molar-refractivity contribution >= 4 is 11.9 Å². The number of carbonyl (C=O) groups is 2. The molecule has 8 heteroatoms. The van der Waals surface area contributed by atoms with Gasteiger partial charge < -0.3 is 15.2 Å². The van der Waals surface area contributed by atoms with Crippen molar-refractivity contribution < 1.29 is 32.6 Å². The van der Waals surface area contributed by atoms with E-state index in [-0.39, 0.29) is 18.9 Å². The molecule has 0 fully saturated rings. The van der Waals surface area contributed by atoms with Crippen molar-refractivity contribution in [3.05, 3.63) is 29.8 Å². The molecular weight excluding hydrogens is 327 g/mol. The van der Waals surface area contributed by atoms with E-state index in [9.17, 15) is 22.8 Å². The number of hydrogen-bond donors (Lipinski definition) is 2. The summed E-state index contributed by atoms with van der Waals surface area (Å²) in [7, 11) is 0. The molecule has 1 unspecified atom stereocenters. The van der Waals surface area contributed by atoms with Gasteiger partial charge in [-0.25, -0.2) is 0 Å². The molecule has 1 amide bonds. The van der Waals surface area contributed by atoms with Gasteiger partial charge in [-0.3, -0.25) is 9.59 Å². The molecule has 24 heavy (non-hydrogen) atoms. The molecule has 1 rings (SSSR count). The van der Waals surface area contributed by atoms with Crippen LogP contribution in [0.3, 0.4) is 0 Å². The lowest BCUT2D eigenvalue weighted by Gasteiger charge is -2.15. The number of ether oxygens (including phenoxy) is 1. The van der Waals surface area contributed by atoms with Crippen LogP contribution in [0.15, 0.2) is 24.3 Å². The molecule has 1 aromatic carbocycles. The van der Waals surface area contributed by atoms with Gasteiger partial charge in [-0.05, 0) is 30.0 Å². The third kappa shape index (κ3) is 7.85. The average Bonchev–Trinajstić information content (AvgIpc) is 2.41. The smallest absolute Gasteiger partial charge is 0.481 e. The highest BCUT2D eigenvalue weighted by atomic mass is 19.4. The number of carboxylic acids is 1. The summed E-state index contributed by atoms with van der Waals surface area (Å²) in [6.07, 6.45) is -4.54. The monoisotopic (exact) mass is 347 g/mol. The Labute approximate surface area is 137 Å². The second-order valence-corrected chi connectivity index (χ2v) is 5.84. The molecule has 0 bridgehead atoms. The van der Waals surface area contributed by atoms with Gasteiger partial charge in [0.2, 0.25) is 5.91 Å². The first kappa shape index (κ1) is 19.8. The maximum atomic E-state index is 12.2. The highest BCUT2D eigenvalue weighted by molar-refractivity contribution is 5.79. The van der Waals surface area contributed by atoms with E-state index in [2.05, 4.69) is 10.1 Å². The molecule has 0 radical (unpaired) electrons. The van der Waals surface area contributed by atoms with Gasteiger partial charge in [0, 0.05) is 6.54 Å². The molecule has 0 saturated heterocycles. The first-order valence-corrected chi connectivity index (χ1v) is 7.41. The second-order valence-electron chi connectivity index (χ2n) is 5.84. The summed E-state index contributed by atoms with van der Waals surface area (Å²) < 4.78 is 40.3. The minimum atomic E-state index is -4.80. The molecule has 1 aromatic rings. The summed E-state index contributed by atoms with van der Waals surface area (Å²) in [5.41, 5.74) is 0.338. The average molecular weight is 347 g/mol. The predicted molar refractivity (Wildman–Crippen MR) is 80.4 cm³/mol. The largest absolute Gasteiger partial charge is 0.573 e. The summed E-state index contributed by atoms with van der Waals surface area (Å²) >= 11 is 0. The molecule has 0 aliphatic rings. The SMILES string of the molecule is CC(C)CC(CNC(=O)Cc1cccc(OC(F)(F)F)c1)C(=O)O. The van der Waals surface area contributed by atoms with Gasteiger partial charge in [0.25, 0.3) is 0 Å². The Balaban J connectivity index is 2.58. The van der Waals surface area contributed by atoms with Crippen molar-refractivity contribution in [3.63, 3.8) is 0 Å². The third-order valence-corrected chi connectivity index (χ3v) is 3.15.